The Hall–Kier alpha value is -2.08. The molecule has 3 nitrogen and oxygen atoms in total. The number of hydrogen-bond acceptors (Lipinski definition) is 2. The van der Waals surface area contributed by atoms with Gasteiger partial charge in [0.25, 0.3) is 5.78 Å². The Bertz CT molecular complexity index is 580. The van der Waals surface area contributed by atoms with Gasteiger partial charge >= 0.3 is 5.71 Å². The molecule has 0 saturated heterocycles. The molecule has 0 bridgehead atoms. The van der Waals surface area contributed by atoms with Gasteiger partial charge in [-0.1, -0.05) is 18.1 Å². The van der Waals surface area contributed by atoms with Crippen LogP contribution in [0.25, 0.3) is 0 Å². The molecule has 1 aromatic rings. The average Bonchev–Trinajstić information content (AvgIpc) is 2.49. The number of carbonyl (C=O) groups is 1. The Balaban J connectivity index is 2.49. The van der Waals surface area contributed by atoms with E-state index >= 15 is 0 Å². The summed E-state index contributed by atoms with van der Waals surface area (Å²) in [6.07, 6.45) is 0. The summed E-state index contributed by atoms with van der Waals surface area (Å²) in [5, 5.41) is 11.9. The fourth-order valence-corrected chi connectivity index (χ4v) is 1.54. The minimum absolute atomic E-state index is 0.0149. The standard InChI is InChI=1S/C14H13NO2/c1-14(2,3)9-8-12-13(16)10-6-4-5-7-11(10)15(12)17/h4-7H,1-3H3. The van der Waals surface area contributed by atoms with Crippen molar-refractivity contribution in [1.29, 1.82) is 0 Å². The largest absolute Gasteiger partial charge is 0.617 e. The molecule has 0 aliphatic carbocycles. The van der Waals surface area contributed by atoms with Gasteiger partial charge in [-0.3, -0.25) is 4.79 Å². The fraction of sp³-hybridized carbons (Fsp3) is 0.286. The molecule has 86 valence electrons. The van der Waals surface area contributed by atoms with Crippen molar-refractivity contribution >= 4 is 17.2 Å². The van der Waals surface area contributed by atoms with Crippen molar-refractivity contribution in [1.82, 2.24) is 0 Å². The Morgan fingerprint density at radius 3 is 2.47 bits per heavy atom. The molecule has 17 heavy (non-hydrogen) atoms. The third-order valence-corrected chi connectivity index (χ3v) is 2.34. The molecule has 0 spiro atoms. The van der Waals surface area contributed by atoms with E-state index in [9.17, 15) is 10.0 Å². The first-order valence-corrected chi connectivity index (χ1v) is 5.41. The molecule has 0 atom stereocenters. The van der Waals surface area contributed by atoms with Gasteiger partial charge in [-0.2, -0.15) is 4.74 Å². The van der Waals surface area contributed by atoms with Crippen LogP contribution in [-0.2, 0) is 0 Å². The second-order valence-corrected chi connectivity index (χ2v) is 4.99. The van der Waals surface area contributed by atoms with E-state index in [0.717, 1.165) is 0 Å². The van der Waals surface area contributed by atoms with Crippen LogP contribution in [0.5, 0.6) is 0 Å². The zero-order valence-corrected chi connectivity index (χ0v) is 10.1. The number of carbonyl (C=O) groups excluding carboxylic acids is 1. The highest BCUT2D eigenvalue weighted by atomic mass is 16.5. The smallest absolute Gasteiger partial charge is 0.317 e. The van der Waals surface area contributed by atoms with Crippen LogP contribution in [0.1, 0.15) is 31.1 Å². The molecule has 1 aromatic carbocycles. The van der Waals surface area contributed by atoms with Crippen LogP contribution >= 0.6 is 0 Å². The van der Waals surface area contributed by atoms with E-state index in [4.69, 9.17) is 0 Å². The molecule has 0 aromatic heterocycles. The summed E-state index contributed by atoms with van der Waals surface area (Å²) >= 11 is 0. The van der Waals surface area contributed by atoms with Crippen molar-refractivity contribution < 1.29 is 9.53 Å². The molecule has 0 radical (unpaired) electrons. The Kier molecular flexibility index (Phi) is 2.51. The van der Waals surface area contributed by atoms with Gasteiger partial charge in [-0.05, 0) is 26.8 Å². The molecule has 0 N–H and O–H groups in total. The minimum atomic E-state index is -0.285. The lowest BCUT2D eigenvalue weighted by Gasteiger charge is -2.06. The van der Waals surface area contributed by atoms with Gasteiger partial charge in [0.15, 0.2) is 0 Å². The lowest BCUT2D eigenvalue weighted by molar-refractivity contribution is -0.354. The van der Waals surface area contributed by atoms with Gasteiger partial charge in [0.2, 0.25) is 5.69 Å². The van der Waals surface area contributed by atoms with Gasteiger partial charge < -0.3 is 5.21 Å². The molecule has 0 amide bonds. The summed E-state index contributed by atoms with van der Waals surface area (Å²) < 4.78 is 0.621. The quantitative estimate of drug-likeness (QED) is 0.388. The third-order valence-electron chi connectivity index (χ3n) is 2.34. The maximum absolute atomic E-state index is 11.9. The van der Waals surface area contributed by atoms with E-state index in [2.05, 4.69) is 11.8 Å². The first kappa shape index (κ1) is 11.4. The minimum Gasteiger partial charge on any atom is -0.617 e. The van der Waals surface area contributed by atoms with Gasteiger partial charge in [-0.25, -0.2) is 0 Å². The van der Waals surface area contributed by atoms with Crippen molar-refractivity contribution in [3.05, 3.63) is 35.0 Å². The van der Waals surface area contributed by atoms with Crippen LogP contribution in [0.15, 0.2) is 24.3 Å². The van der Waals surface area contributed by atoms with Crippen molar-refractivity contribution in [3.63, 3.8) is 0 Å². The highest BCUT2D eigenvalue weighted by Gasteiger charge is 2.34. The van der Waals surface area contributed by atoms with Crippen LogP contribution in [0.4, 0.5) is 5.69 Å². The van der Waals surface area contributed by atoms with E-state index < -0.39 is 0 Å². The second-order valence-electron chi connectivity index (χ2n) is 4.99. The molecule has 0 fully saturated rings. The highest BCUT2D eigenvalue weighted by Crippen LogP contribution is 2.25. The monoisotopic (exact) mass is 227 g/mol. The van der Waals surface area contributed by atoms with Crippen LogP contribution in [0.3, 0.4) is 0 Å². The van der Waals surface area contributed by atoms with Crippen LogP contribution in [-0.4, -0.2) is 16.2 Å². The summed E-state index contributed by atoms with van der Waals surface area (Å²) in [4.78, 5) is 11.9. The first-order chi connectivity index (χ1) is 7.90. The van der Waals surface area contributed by atoms with Crippen molar-refractivity contribution in [2.24, 2.45) is 5.41 Å². The summed E-state index contributed by atoms with van der Waals surface area (Å²) in [6, 6.07) is 6.75. The zero-order valence-electron chi connectivity index (χ0n) is 10.1. The number of Topliss-reactive ketones (excluding diaryl/α,β-unsaturated/α-hetero) is 1. The molecular formula is C14H13NO2. The molecule has 1 aliphatic heterocycles. The number of hydrogen-bond donors (Lipinski definition) is 0. The third kappa shape index (κ3) is 2.07. The van der Waals surface area contributed by atoms with Crippen LogP contribution in [0, 0.1) is 22.5 Å². The van der Waals surface area contributed by atoms with E-state index in [1.807, 2.05) is 20.8 Å². The summed E-state index contributed by atoms with van der Waals surface area (Å²) in [6.45, 7) is 5.80. The number of benzene rings is 1. The highest BCUT2D eigenvalue weighted by molar-refractivity contribution is 6.52. The van der Waals surface area contributed by atoms with E-state index in [-0.39, 0.29) is 16.9 Å². The van der Waals surface area contributed by atoms with Gasteiger partial charge in [0.1, 0.15) is 5.56 Å². The molecule has 2 rings (SSSR count). The maximum Gasteiger partial charge on any atom is 0.317 e. The average molecular weight is 227 g/mol. The summed E-state index contributed by atoms with van der Waals surface area (Å²) in [5.41, 5.74) is 0.598. The number of para-hydroxylation sites is 1. The fourth-order valence-electron chi connectivity index (χ4n) is 1.54. The topological polar surface area (TPSA) is 43.1 Å². The van der Waals surface area contributed by atoms with Crippen molar-refractivity contribution in [2.75, 3.05) is 0 Å². The number of rotatable bonds is 0. The number of nitrogens with zero attached hydrogens (tertiary/aromatic N) is 1. The van der Waals surface area contributed by atoms with E-state index in [1.54, 1.807) is 24.3 Å². The summed E-state index contributed by atoms with van der Waals surface area (Å²) in [7, 11) is 0. The van der Waals surface area contributed by atoms with Gasteiger partial charge in [0, 0.05) is 17.4 Å². The molecule has 0 unspecified atom stereocenters. The predicted molar refractivity (Wildman–Crippen MR) is 66.3 cm³/mol. The van der Waals surface area contributed by atoms with Crippen LogP contribution < -0.4 is 0 Å². The second kappa shape index (κ2) is 3.74. The normalized spacial score (nSPS) is 14.4. The Morgan fingerprint density at radius 2 is 1.88 bits per heavy atom. The summed E-state index contributed by atoms with van der Waals surface area (Å²) in [5.74, 6) is 5.32. The SMILES string of the molecule is CC(C)(C)C#CC1=[N+]([O-])c2ccccc2C1=O. The maximum atomic E-state index is 11.9. The lowest BCUT2D eigenvalue weighted by atomic mass is 9.97. The van der Waals surface area contributed by atoms with Gasteiger partial charge in [0.05, 0.1) is 0 Å². The molecule has 1 heterocycles. The first-order valence-electron chi connectivity index (χ1n) is 5.41. The predicted octanol–water partition coefficient (Wildman–Crippen LogP) is 2.52. The van der Waals surface area contributed by atoms with Gasteiger partial charge in [-0.15, -0.1) is 0 Å². The lowest BCUT2D eigenvalue weighted by Crippen LogP contribution is -2.13. The number of ketones is 1. The Morgan fingerprint density at radius 1 is 1.24 bits per heavy atom. The molecule has 0 saturated carbocycles. The number of fused-ring (bicyclic) bond motifs is 1. The van der Waals surface area contributed by atoms with E-state index in [1.165, 1.54) is 0 Å². The molecular weight excluding hydrogens is 214 g/mol. The Labute approximate surface area is 100 Å². The molecule has 3 heteroatoms. The zero-order chi connectivity index (χ0) is 12.6. The van der Waals surface area contributed by atoms with Crippen molar-refractivity contribution in [3.8, 4) is 11.8 Å². The van der Waals surface area contributed by atoms with Crippen LogP contribution in [0.2, 0.25) is 0 Å². The van der Waals surface area contributed by atoms with E-state index in [0.29, 0.717) is 16.0 Å². The van der Waals surface area contributed by atoms with Crippen molar-refractivity contribution in [2.45, 2.75) is 20.8 Å². The molecule has 1 aliphatic rings.